The Hall–Kier alpha value is -2.08. The lowest BCUT2D eigenvalue weighted by atomic mass is 10.0. The van der Waals surface area contributed by atoms with Crippen molar-refractivity contribution in [2.24, 2.45) is 17.4 Å². The highest BCUT2D eigenvalue weighted by Crippen LogP contribution is 2.25. The molecule has 1 aliphatic carbocycles. The summed E-state index contributed by atoms with van der Waals surface area (Å²) < 4.78 is 5.14. The van der Waals surface area contributed by atoms with Crippen molar-refractivity contribution in [1.82, 2.24) is 0 Å². The van der Waals surface area contributed by atoms with Crippen molar-refractivity contribution in [3.63, 3.8) is 0 Å². The van der Waals surface area contributed by atoms with E-state index >= 15 is 0 Å². The Morgan fingerprint density at radius 1 is 1.25 bits per heavy atom. The molecule has 0 spiro atoms. The van der Waals surface area contributed by atoms with Gasteiger partial charge >= 0.3 is 0 Å². The minimum atomic E-state index is -0.530. The summed E-state index contributed by atoms with van der Waals surface area (Å²) in [5.74, 6) is -0.154. The summed E-state index contributed by atoms with van der Waals surface area (Å²) in [6.07, 6.45) is 2.74. The number of nitrogens with two attached hydrogens (primary N) is 2. The van der Waals surface area contributed by atoms with Gasteiger partial charge in [-0.25, -0.2) is 0 Å². The number of anilines is 1. The average molecular weight is 277 g/mol. The lowest BCUT2D eigenvalue weighted by Crippen LogP contribution is -2.34. The molecule has 6 heteroatoms. The van der Waals surface area contributed by atoms with Crippen LogP contribution in [0.15, 0.2) is 24.3 Å². The number of amides is 2. The number of hydrogen-bond acceptors (Lipinski definition) is 4. The molecular formula is C14H19N3O3. The van der Waals surface area contributed by atoms with Crippen LogP contribution >= 0.6 is 0 Å². The number of nitrogens with one attached hydrogen (secondary N) is 1. The minimum absolute atomic E-state index is 0.0409. The zero-order valence-corrected chi connectivity index (χ0v) is 11.2. The first-order valence-electron chi connectivity index (χ1n) is 6.64. The maximum atomic E-state index is 12.0. The number of benzene rings is 1. The molecule has 0 radical (unpaired) electrons. The molecule has 6 nitrogen and oxygen atoms in total. The molecular weight excluding hydrogens is 258 g/mol. The fourth-order valence-electron chi connectivity index (χ4n) is 2.34. The molecule has 1 aromatic carbocycles. The van der Waals surface area contributed by atoms with E-state index in [2.05, 4.69) is 5.32 Å². The van der Waals surface area contributed by atoms with E-state index in [0.29, 0.717) is 11.4 Å². The quantitative estimate of drug-likeness (QED) is 0.733. The second-order valence-electron chi connectivity index (χ2n) is 4.97. The number of primary amides is 1. The Morgan fingerprint density at radius 2 is 1.95 bits per heavy atom. The Bertz CT molecular complexity index is 487. The van der Waals surface area contributed by atoms with Crippen molar-refractivity contribution in [3.05, 3.63) is 24.3 Å². The van der Waals surface area contributed by atoms with Crippen LogP contribution in [-0.2, 0) is 9.59 Å². The third kappa shape index (κ3) is 3.71. The second kappa shape index (κ2) is 6.38. The van der Waals surface area contributed by atoms with Crippen LogP contribution in [0, 0.1) is 5.92 Å². The van der Waals surface area contributed by atoms with Gasteiger partial charge in [0.2, 0.25) is 5.91 Å². The summed E-state index contributed by atoms with van der Waals surface area (Å²) in [6, 6.07) is 6.73. The Kier molecular flexibility index (Phi) is 4.57. The first-order chi connectivity index (χ1) is 9.56. The van der Waals surface area contributed by atoms with E-state index in [0.717, 1.165) is 19.3 Å². The van der Waals surface area contributed by atoms with Crippen molar-refractivity contribution in [2.75, 3.05) is 11.9 Å². The number of hydrogen-bond donors (Lipinski definition) is 3. The highest BCUT2D eigenvalue weighted by Gasteiger charge is 2.30. The topological polar surface area (TPSA) is 107 Å². The van der Waals surface area contributed by atoms with Crippen molar-refractivity contribution >= 4 is 17.5 Å². The maximum absolute atomic E-state index is 12.0. The van der Waals surface area contributed by atoms with Gasteiger partial charge in [0.1, 0.15) is 5.75 Å². The van der Waals surface area contributed by atoms with Crippen molar-refractivity contribution < 1.29 is 14.3 Å². The fraction of sp³-hybridized carbons (Fsp3) is 0.429. The number of ether oxygens (including phenoxy) is 1. The normalized spacial score (nSPS) is 21.4. The Balaban J connectivity index is 1.90. The SMILES string of the molecule is NC(=O)COc1ccc(NC(=O)C2CCCC2N)cc1. The highest BCUT2D eigenvalue weighted by molar-refractivity contribution is 5.93. The monoisotopic (exact) mass is 277 g/mol. The summed E-state index contributed by atoms with van der Waals surface area (Å²) in [7, 11) is 0. The molecule has 5 N–H and O–H groups in total. The average Bonchev–Trinajstić information content (AvgIpc) is 2.84. The summed E-state index contributed by atoms with van der Waals surface area (Å²) in [6.45, 7) is -0.164. The summed E-state index contributed by atoms with van der Waals surface area (Å²) >= 11 is 0. The van der Waals surface area contributed by atoms with Gasteiger partial charge in [-0.15, -0.1) is 0 Å². The minimum Gasteiger partial charge on any atom is -0.484 e. The zero-order chi connectivity index (χ0) is 14.5. The van der Waals surface area contributed by atoms with Gasteiger partial charge in [0, 0.05) is 11.7 Å². The first-order valence-corrected chi connectivity index (χ1v) is 6.64. The molecule has 2 rings (SSSR count). The molecule has 1 fully saturated rings. The van der Waals surface area contributed by atoms with E-state index in [1.807, 2.05) is 0 Å². The molecule has 1 saturated carbocycles. The largest absolute Gasteiger partial charge is 0.484 e. The molecule has 2 atom stereocenters. The van der Waals surface area contributed by atoms with Crippen molar-refractivity contribution in [3.8, 4) is 5.75 Å². The van der Waals surface area contributed by atoms with E-state index in [1.165, 1.54) is 0 Å². The van der Waals surface area contributed by atoms with Gasteiger partial charge in [-0.3, -0.25) is 9.59 Å². The lowest BCUT2D eigenvalue weighted by Gasteiger charge is -2.15. The van der Waals surface area contributed by atoms with Crippen LogP contribution in [-0.4, -0.2) is 24.5 Å². The number of carbonyl (C=O) groups is 2. The third-order valence-electron chi connectivity index (χ3n) is 3.41. The van der Waals surface area contributed by atoms with Crippen molar-refractivity contribution in [1.29, 1.82) is 0 Å². The van der Waals surface area contributed by atoms with Crippen molar-refractivity contribution in [2.45, 2.75) is 25.3 Å². The fourth-order valence-corrected chi connectivity index (χ4v) is 2.34. The molecule has 20 heavy (non-hydrogen) atoms. The van der Waals surface area contributed by atoms with E-state index in [4.69, 9.17) is 16.2 Å². The van der Waals surface area contributed by atoms with E-state index < -0.39 is 5.91 Å². The lowest BCUT2D eigenvalue weighted by molar-refractivity contribution is -0.120. The van der Waals surface area contributed by atoms with Gasteiger partial charge in [-0.05, 0) is 37.1 Å². The molecule has 0 saturated heterocycles. The number of rotatable bonds is 5. The van der Waals surface area contributed by atoms with Crippen LogP contribution in [0.1, 0.15) is 19.3 Å². The highest BCUT2D eigenvalue weighted by atomic mass is 16.5. The first kappa shape index (κ1) is 14.3. The van der Waals surface area contributed by atoms with E-state index in [1.54, 1.807) is 24.3 Å². The van der Waals surface area contributed by atoms with E-state index in [9.17, 15) is 9.59 Å². The van der Waals surface area contributed by atoms with Gasteiger partial charge < -0.3 is 21.5 Å². The Morgan fingerprint density at radius 3 is 2.50 bits per heavy atom. The predicted molar refractivity (Wildman–Crippen MR) is 75.1 cm³/mol. The van der Waals surface area contributed by atoms with Crippen LogP contribution in [0.2, 0.25) is 0 Å². The summed E-state index contributed by atoms with van der Waals surface area (Å²) in [5.41, 5.74) is 11.6. The molecule has 0 aromatic heterocycles. The standard InChI is InChI=1S/C14H19N3O3/c15-12-3-1-2-11(12)14(19)17-9-4-6-10(7-5-9)20-8-13(16)18/h4-7,11-12H,1-3,8,15H2,(H2,16,18)(H,17,19). The van der Waals surface area contributed by atoms with Crippen LogP contribution in [0.3, 0.4) is 0 Å². The summed E-state index contributed by atoms with van der Waals surface area (Å²) in [5, 5.41) is 2.84. The van der Waals surface area contributed by atoms with Crippen LogP contribution < -0.4 is 21.5 Å². The molecule has 0 heterocycles. The molecule has 0 aliphatic heterocycles. The van der Waals surface area contributed by atoms with E-state index in [-0.39, 0.29) is 24.5 Å². The van der Waals surface area contributed by atoms with Crippen LogP contribution in [0.5, 0.6) is 5.75 Å². The molecule has 1 aliphatic rings. The molecule has 0 bridgehead atoms. The van der Waals surface area contributed by atoms with Crippen LogP contribution in [0.4, 0.5) is 5.69 Å². The molecule has 2 amide bonds. The number of carbonyl (C=O) groups excluding carboxylic acids is 2. The molecule has 1 aromatic rings. The molecule has 2 unspecified atom stereocenters. The van der Waals surface area contributed by atoms with Gasteiger partial charge in [-0.1, -0.05) is 6.42 Å². The van der Waals surface area contributed by atoms with Gasteiger partial charge in [-0.2, -0.15) is 0 Å². The predicted octanol–water partition coefficient (Wildman–Crippen LogP) is 0.617. The summed E-state index contributed by atoms with van der Waals surface area (Å²) in [4.78, 5) is 22.6. The second-order valence-corrected chi connectivity index (χ2v) is 4.97. The maximum Gasteiger partial charge on any atom is 0.255 e. The molecule has 108 valence electrons. The van der Waals surface area contributed by atoms with Crippen LogP contribution in [0.25, 0.3) is 0 Å². The van der Waals surface area contributed by atoms with Gasteiger partial charge in [0.25, 0.3) is 5.91 Å². The zero-order valence-electron chi connectivity index (χ0n) is 11.2. The van der Waals surface area contributed by atoms with Gasteiger partial charge in [0.15, 0.2) is 6.61 Å². The Labute approximate surface area is 117 Å². The third-order valence-corrected chi connectivity index (χ3v) is 3.41. The van der Waals surface area contributed by atoms with Gasteiger partial charge in [0.05, 0.1) is 5.92 Å². The smallest absolute Gasteiger partial charge is 0.255 e.